The highest BCUT2D eigenvalue weighted by Crippen LogP contribution is 2.23. The molecule has 32 heavy (non-hydrogen) atoms. The fraction of sp³-hybridized carbons (Fsp3) is 0.261. The molecule has 0 bridgehead atoms. The molecule has 0 aromatic heterocycles. The third-order valence-electron chi connectivity index (χ3n) is 5.52. The van der Waals surface area contributed by atoms with E-state index in [0.29, 0.717) is 24.7 Å². The molecule has 7 nitrogen and oxygen atoms in total. The lowest BCUT2D eigenvalue weighted by molar-refractivity contribution is 0.172. The van der Waals surface area contributed by atoms with E-state index in [9.17, 15) is 13.2 Å². The third kappa shape index (κ3) is 4.82. The first-order valence-corrected chi connectivity index (χ1v) is 12.0. The highest BCUT2D eigenvalue weighted by molar-refractivity contribution is 7.89. The van der Waals surface area contributed by atoms with Gasteiger partial charge in [-0.3, -0.25) is 0 Å². The fourth-order valence-corrected chi connectivity index (χ4v) is 5.43. The van der Waals surface area contributed by atoms with E-state index in [1.165, 1.54) is 16.4 Å². The molecule has 0 atom stereocenters. The van der Waals surface area contributed by atoms with Crippen LogP contribution >= 0.6 is 11.6 Å². The van der Waals surface area contributed by atoms with Gasteiger partial charge < -0.3 is 15.0 Å². The Bertz CT molecular complexity index is 1240. The Hall–Kier alpha value is -2.81. The van der Waals surface area contributed by atoms with Crippen LogP contribution in [-0.2, 0) is 16.6 Å². The number of ether oxygens (including phenoxy) is 1. The summed E-state index contributed by atoms with van der Waals surface area (Å²) in [6.45, 7) is 1.51. The number of halogens is 1. The van der Waals surface area contributed by atoms with Crippen LogP contribution in [0, 0.1) is 0 Å². The van der Waals surface area contributed by atoms with E-state index in [1.54, 1.807) is 24.1 Å². The summed E-state index contributed by atoms with van der Waals surface area (Å²) in [5.74, 6) is 0.801. The van der Waals surface area contributed by atoms with E-state index in [-0.39, 0.29) is 24.0 Å². The van der Waals surface area contributed by atoms with Crippen LogP contribution in [0.5, 0.6) is 5.75 Å². The van der Waals surface area contributed by atoms with Gasteiger partial charge in [0, 0.05) is 37.7 Å². The Morgan fingerprint density at radius 3 is 2.44 bits per heavy atom. The maximum atomic E-state index is 12.8. The molecule has 3 aromatic carbocycles. The molecule has 0 unspecified atom stereocenters. The Balaban J connectivity index is 1.33. The predicted molar refractivity (Wildman–Crippen MR) is 125 cm³/mol. The van der Waals surface area contributed by atoms with E-state index in [0.717, 1.165) is 22.1 Å². The van der Waals surface area contributed by atoms with Gasteiger partial charge in [0.1, 0.15) is 5.75 Å². The van der Waals surface area contributed by atoms with Gasteiger partial charge in [0.05, 0.1) is 12.0 Å². The van der Waals surface area contributed by atoms with Crippen molar-refractivity contribution in [1.29, 1.82) is 0 Å². The number of methoxy groups -OCH3 is 1. The van der Waals surface area contributed by atoms with Crippen LogP contribution in [-0.4, -0.2) is 56.9 Å². The summed E-state index contributed by atoms with van der Waals surface area (Å²) in [6.07, 6.45) is 0. The first-order chi connectivity index (χ1) is 15.4. The topological polar surface area (TPSA) is 79.0 Å². The standard InChI is InChI=1S/C23H24ClN3O4S/c1-31-21-8-7-18-13-17(5-6-19(18)14-21)16-25-23(28)26-9-11-27(12-10-26)32(29,30)22-4-2-3-20(24)15-22/h2-8,13-15H,9-12,16H2,1H3,(H,25,28). The van der Waals surface area contributed by atoms with Crippen LogP contribution < -0.4 is 10.1 Å². The first-order valence-electron chi connectivity index (χ1n) is 10.2. The zero-order chi connectivity index (χ0) is 22.7. The first kappa shape index (κ1) is 22.4. The van der Waals surface area contributed by atoms with Gasteiger partial charge >= 0.3 is 6.03 Å². The molecule has 1 aliphatic rings. The zero-order valence-corrected chi connectivity index (χ0v) is 19.2. The second-order valence-electron chi connectivity index (χ2n) is 7.55. The minimum Gasteiger partial charge on any atom is -0.497 e. The molecular formula is C23H24ClN3O4S. The van der Waals surface area contributed by atoms with Crippen LogP contribution in [0.15, 0.2) is 65.6 Å². The van der Waals surface area contributed by atoms with E-state index < -0.39 is 10.0 Å². The number of amides is 2. The van der Waals surface area contributed by atoms with E-state index in [2.05, 4.69) is 5.32 Å². The number of carbonyl (C=O) groups excluding carboxylic acids is 1. The van der Waals surface area contributed by atoms with Gasteiger partial charge in [0.25, 0.3) is 0 Å². The molecule has 4 rings (SSSR count). The molecule has 9 heteroatoms. The Morgan fingerprint density at radius 2 is 1.72 bits per heavy atom. The SMILES string of the molecule is COc1ccc2cc(CNC(=O)N3CCN(S(=O)(=O)c4cccc(Cl)c4)CC3)ccc2c1. The molecule has 2 amide bonds. The molecular weight excluding hydrogens is 450 g/mol. The van der Waals surface area contributed by atoms with E-state index in [4.69, 9.17) is 16.3 Å². The number of benzene rings is 3. The Morgan fingerprint density at radius 1 is 1.00 bits per heavy atom. The number of carbonyl (C=O) groups is 1. The fourth-order valence-electron chi connectivity index (χ4n) is 3.71. The van der Waals surface area contributed by atoms with Crippen molar-refractivity contribution < 1.29 is 17.9 Å². The molecule has 0 aliphatic carbocycles. The summed E-state index contributed by atoms with van der Waals surface area (Å²) < 4.78 is 32.3. The van der Waals surface area contributed by atoms with E-state index >= 15 is 0 Å². The summed E-state index contributed by atoms with van der Waals surface area (Å²) in [5, 5.41) is 5.43. The lowest BCUT2D eigenvalue weighted by atomic mass is 10.1. The van der Waals surface area contributed by atoms with Crippen molar-refractivity contribution in [1.82, 2.24) is 14.5 Å². The third-order valence-corrected chi connectivity index (χ3v) is 7.65. The van der Waals surface area contributed by atoms with Crippen LogP contribution in [0.2, 0.25) is 5.02 Å². The van der Waals surface area contributed by atoms with Crippen LogP contribution in [0.3, 0.4) is 0 Å². The van der Waals surface area contributed by atoms with Crippen LogP contribution in [0.25, 0.3) is 10.8 Å². The molecule has 1 saturated heterocycles. The monoisotopic (exact) mass is 473 g/mol. The number of hydrogen-bond acceptors (Lipinski definition) is 4. The number of nitrogens with zero attached hydrogens (tertiary/aromatic N) is 2. The van der Waals surface area contributed by atoms with Crippen molar-refractivity contribution in [3.05, 3.63) is 71.2 Å². The van der Waals surface area contributed by atoms with Gasteiger partial charge in [0.15, 0.2) is 0 Å². The summed E-state index contributed by atoms with van der Waals surface area (Å²) >= 11 is 5.94. The average Bonchev–Trinajstić information content (AvgIpc) is 2.82. The summed E-state index contributed by atoms with van der Waals surface area (Å²) in [7, 11) is -2.00. The molecule has 0 saturated carbocycles. The molecule has 1 heterocycles. The van der Waals surface area contributed by atoms with Gasteiger partial charge in [-0.1, -0.05) is 35.9 Å². The quantitative estimate of drug-likeness (QED) is 0.612. The summed E-state index contributed by atoms with van der Waals surface area (Å²) in [5.41, 5.74) is 0.984. The van der Waals surface area contributed by atoms with Gasteiger partial charge in [-0.15, -0.1) is 0 Å². The normalized spacial score (nSPS) is 15.0. The number of piperazine rings is 1. The van der Waals surface area contributed by atoms with Crippen molar-refractivity contribution in [2.24, 2.45) is 0 Å². The number of nitrogens with one attached hydrogen (secondary N) is 1. The molecule has 1 aliphatic heterocycles. The summed E-state index contributed by atoms with van der Waals surface area (Å²) in [4.78, 5) is 14.4. The van der Waals surface area contributed by atoms with Crippen molar-refractivity contribution in [3.8, 4) is 5.75 Å². The predicted octanol–water partition coefficient (Wildman–Crippen LogP) is 3.72. The minimum atomic E-state index is -3.63. The smallest absolute Gasteiger partial charge is 0.317 e. The van der Waals surface area contributed by atoms with Crippen molar-refractivity contribution in [3.63, 3.8) is 0 Å². The minimum absolute atomic E-state index is 0.164. The molecule has 0 radical (unpaired) electrons. The lowest BCUT2D eigenvalue weighted by Crippen LogP contribution is -2.52. The number of sulfonamides is 1. The van der Waals surface area contributed by atoms with Crippen LogP contribution in [0.1, 0.15) is 5.56 Å². The summed E-state index contributed by atoms with van der Waals surface area (Å²) in [6, 6.07) is 17.9. The molecule has 1 N–H and O–H groups in total. The van der Waals surface area contributed by atoms with Crippen molar-refractivity contribution >= 4 is 38.4 Å². The molecule has 0 spiro atoms. The number of hydrogen-bond donors (Lipinski definition) is 1. The van der Waals surface area contributed by atoms with Gasteiger partial charge in [-0.25, -0.2) is 13.2 Å². The molecule has 1 fully saturated rings. The van der Waals surface area contributed by atoms with Crippen LogP contribution in [0.4, 0.5) is 4.79 Å². The molecule has 3 aromatic rings. The van der Waals surface area contributed by atoms with E-state index in [1.807, 2.05) is 36.4 Å². The van der Waals surface area contributed by atoms with Crippen molar-refractivity contribution in [2.45, 2.75) is 11.4 Å². The Labute approximate surface area is 192 Å². The maximum absolute atomic E-state index is 12.8. The Kier molecular flexibility index (Phi) is 6.55. The second kappa shape index (κ2) is 9.36. The zero-order valence-electron chi connectivity index (χ0n) is 17.6. The van der Waals surface area contributed by atoms with Crippen molar-refractivity contribution in [2.75, 3.05) is 33.3 Å². The highest BCUT2D eigenvalue weighted by atomic mass is 35.5. The average molecular weight is 474 g/mol. The lowest BCUT2D eigenvalue weighted by Gasteiger charge is -2.34. The van der Waals surface area contributed by atoms with Gasteiger partial charge in [-0.2, -0.15) is 4.31 Å². The largest absolute Gasteiger partial charge is 0.497 e. The van der Waals surface area contributed by atoms with Gasteiger partial charge in [0.2, 0.25) is 10.0 Å². The number of urea groups is 1. The highest BCUT2D eigenvalue weighted by Gasteiger charge is 2.30. The number of rotatable bonds is 5. The second-order valence-corrected chi connectivity index (χ2v) is 9.93. The number of fused-ring (bicyclic) bond motifs is 1. The maximum Gasteiger partial charge on any atom is 0.317 e. The molecule has 168 valence electrons. The van der Waals surface area contributed by atoms with Gasteiger partial charge in [-0.05, 0) is 52.7 Å².